The summed E-state index contributed by atoms with van der Waals surface area (Å²) in [6.07, 6.45) is 2.15. The molecule has 1 aliphatic rings. The molecule has 32 heavy (non-hydrogen) atoms. The molecule has 0 aliphatic carbocycles. The molecule has 0 bridgehead atoms. The molecule has 158 valence electrons. The maximum atomic E-state index is 13.3. The standard InChI is InChI=1S/C26H21N3O2S/c1-15-3-4-16(13-27)9-20(15)19-11-23(32-14-19)21-12-24(28)29(2)26(30)25(21)18-5-6-22-17(10-18)7-8-31-22/h3-11,14,21,25,28H,12H2,1-2H3. The molecule has 2 unspecified atom stereocenters. The van der Waals surface area contributed by atoms with E-state index in [-0.39, 0.29) is 17.7 Å². The average Bonchev–Trinajstić information content (AvgIpc) is 3.47. The number of nitrogens with one attached hydrogen (secondary N) is 1. The van der Waals surface area contributed by atoms with Crippen molar-refractivity contribution in [2.45, 2.75) is 25.2 Å². The summed E-state index contributed by atoms with van der Waals surface area (Å²) in [5.74, 6) is -0.217. The molecule has 1 fully saturated rings. The number of hydrogen-bond acceptors (Lipinski definition) is 5. The van der Waals surface area contributed by atoms with Gasteiger partial charge in [0.05, 0.1) is 23.8 Å². The lowest BCUT2D eigenvalue weighted by molar-refractivity contribution is -0.129. The molecule has 6 heteroatoms. The van der Waals surface area contributed by atoms with Gasteiger partial charge in [-0.25, -0.2) is 0 Å². The predicted octanol–water partition coefficient (Wildman–Crippen LogP) is 6.05. The van der Waals surface area contributed by atoms with Gasteiger partial charge in [-0.05, 0) is 71.0 Å². The number of piperidine rings is 1. The quantitative estimate of drug-likeness (QED) is 0.422. The Balaban J connectivity index is 1.58. The van der Waals surface area contributed by atoms with Crippen LogP contribution < -0.4 is 0 Å². The molecule has 3 heterocycles. The number of hydrogen-bond donors (Lipinski definition) is 1. The normalized spacial score (nSPS) is 18.8. The number of nitriles is 1. The number of nitrogens with zero attached hydrogens (tertiary/aromatic N) is 2. The largest absolute Gasteiger partial charge is 0.464 e. The summed E-state index contributed by atoms with van der Waals surface area (Å²) in [6, 6.07) is 17.8. The molecule has 2 aromatic carbocycles. The minimum absolute atomic E-state index is 0.0632. The Bertz CT molecular complexity index is 1410. The Morgan fingerprint density at radius 1 is 1.19 bits per heavy atom. The van der Waals surface area contributed by atoms with E-state index in [4.69, 9.17) is 9.83 Å². The van der Waals surface area contributed by atoms with Gasteiger partial charge in [0, 0.05) is 29.6 Å². The number of likely N-dealkylation sites (N-methyl/N-ethyl adjacent to an activating group) is 1. The number of carbonyl (C=O) groups is 1. The van der Waals surface area contributed by atoms with Gasteiger partial charge in [-0.1, -0.05) is 12.1 Å². The number of amidine groups is 1. The number of likely N-dealkylation sites (tertiary alicyclic amines) is 1. The van der Waals surface area contributed by atoms with Crippen molar-refractivity contribution >= 4 is 34.0 Å². The van der Waals surface area contributed by atoms with E-state index in [9.17, 15) is 10.1 Å². The van der Waals surface area contributed by atoms with Gasteiger partial charge < -0.3 is 9.32 Å². The van der Waals surface area contributed by atoms with Crippen molar-refractivity contribution in [3.63, 3.8) is 0 Å². The van der Waals surface area contributed by atoms with E-state index < -0.39 is 0 Å². The number of furan rings is 1. The van der Waals surface area contributed by atoms with Gasteiger partial charge in [0.15, 0.2) is 0 Å². The Morgan fingerprint density at radius 2 is 2.03 bits per heavy atom. The number of fused-ring (bicyclic) bond motifs is 1. The number of aryl methyl sites for hydroxylation is 1. The summed E-state index contributed by atoms with van der Waals surface area (Å²) in [4.78, 5) is 15.9. The van der Waals surface area contributed by atoms with Gasteiger partial charge in [-0.15, -0.1) is 11.3 Å². The first-order valence-corrected chi connectivity index (χ1v) is 11.3. The van der Waals surface area contributed by atoms with Crippen LogP contribution in [0, 0.1) is 23.7 Å². The summed E-state index contributed by atoms with van der Waals surface area (Å²) < 4.78 is 5.47. The minimum Gasteiger partial charge on any atom is -0.464 e. The van der Waals surface area contributed by atoms with Crippen LogP contribution in [0.5, 0.6) is 0 Å². The van der Waals surface area contributed by atoms with Crippen molar-refractivity contribution in [2.24, 2.45) is 0 Å². The summed E-state index contributed by atoms with van der Waals surface area (Å²) >= 11 is 1.61. The maximum absolute atomic E-state index is 13.3. The van der Waals surface area contributed by atoms with Crippen LogP contribution in [0.25, 0.3) is 22.1 Å². The van der Waals surface area contributed by atoms with E-state index in [1.807, 2.05) is 49.4 Å². The second kappa shape index (κ2) is 7.77. The zero-order chi connectivity index (χ0) is 22.4. The van der Waals surface area contributed by atoms with Gasteiger partial charge in [-0.2, -0.15) is 5.26 Å². The number of benzene rings is 2. The first-order valence-electron chi connectivity index (χ1n) is 10.4. The van der Waals surface area contributed by atoms with Crippen molar-refractivity contribution in [2.75, 3.05) is 7.05 Å². The first-order chi connectivity index (χ1) is 15.5. The number of thiophene rings is 1. The summed E-state index contributed by atoms with van der Waals surface area (Å²) in [7, 11) is 1.68. The third kappa shape index (κ3) is 3.31. The first kappa shape index (κ1) is 20.2. The molecule has 1 aliphatic heterocycles. The fraction of sp³-hybridized carbons (Fsp3) is 0.192. The summed E-state index contributed by atoms with van der Waals surface area (Å²) in [6.45, 7) is 2.03. The highest BCUT2D eigenvalue weighted by atomic mass is 32.1. The van der Waals surface area contributed by atoms with E-state index >= 15 is 0 Å². The van der Waals surface area contributed by atoms with Gasteiger partial charge in [0.1, 0.15) is 11.4 Å². The zero-order valence-electron chi connectivity index (χ0n) is 17.8. The highest BCUT2D eigenvalue weighted by Crippen LogP contribution is 2.45. The van der Waals surface area contributed by atoms with Crippen LogP contribution in [-0.2, 0) is 4.79 Å². The van der Waals surface area contributed by atoms with Crippen LogP contribution in [0.1, 0.15) is 39.8 Å². The van der Waals surface area contributed by atoms with E-state index in [1.54, 1.807) is 24.6 Å². The van der Waals surface area contributed by atoms with Gasteiger partial charge >= 0.3 is 0 Å². The molecule has 1 N–H and O–H groups in total. The average molecular weight is 440 g/mol. The van der Waals surface area contributed by atoms with Crippen LogP contribution >= 0.6 is 11.3 Å². The fourth-order valence-corrected chi connectivity index (χ4v) is 5.53. The molecule has 1 saturated heterocycles. The van der Waals surface area contributed by atoms with Gasteiger partial charge in [0.25, 0.3) is 0 Å². The smallest absolute Gasteiger partial charge is 0.235 e. The predicted molar refractivity (Wildman–Crippen MR) is 126 cm³/mol. The monoisotopic (exact) mass is 439 g/mol. The molecule has 0 radical (unpaired) electrons. The Hall–Kier alpha value is -3.69. The lowest BCUT2D eigenvalue weighted by Crippen LogP contribution is -2.44. The van der Waals surface area contributed by atoms with Gasteiger partial charge in [-0.3, -0.25) is 10.2 Å². The Kier molecular flexibility index (Phi) is 4.91. The highest BCUT2D eigenvalue weighted by Gasteiger charge is 2.40. The fourth-order valence-electron chi connectivity index (χ4n) is 4.49. The van der Waals surface area contributed by atoms with Crippen molar-refractivity contribution in [1.82, 2.24) is 4.90 Å². The van der Waals surface area contributed by atoms with Gasteiger partial charge in [0.2, 0.25) is 5.91 Å². The second-order valence-corrected chi connectivity index (χ2v) is 9.17. The number of amides is 1. The molecule has 0 saturated carbocycles. The minimum atomic E-state index is -0.369. The molecule has 1 amide bonds. The molecular formula is C26H21N3O2S. The van der Waals surface area contributed by atoms with Crippen molar-refractivity contribution in [3.8, 4) is 17.2 Å². The maximum Gasteiger partial charge on any atom is 0.235 e. The SMILES string of the molecule is Cc1ccc(C#N)cc1-c1csc(C2CC(=N)N(C)C(=O)C2c2ccc3occc3c2)c1. The molecular weight excluding hydrogens is 418 g/mol. The molecule has 0 spiro atoms. The van der Waals surface area contributed by atoms with Crippen molar-refractivity contribution < 1.29 is 9.21 Å². The molecule has 5 nitrogen and oxygen atoms in total. The van der Waals surface area contributed by atoms with E-state index in [2.05, 4.69) is 17.5 Å². The third-order valence-electron chi connectivity index (χ3n) is 6.32. The van der Waals surface area contributed by atoms with Crippen LogP contribution in [-0.4, -0.2) is 23.7 Å². The second-order valence-electron chi connectivity index (χ2n) is 8.23. The lowest BCUT2D eigenvalue weighted by Gasteiger charge is -2.36. The molecule has 4 aromatic rings. The van der Waals surface area contributed by atoms with Crippen molar-refractivity contribution in [1.29, 1.82) is 10.7 Å². The number of carbonyl (C=O) groups excluding carboxylic acids is 1. The Morgan fingerprint density at radius 3 is 2.84 bits per heavy atom. The van der Waals surface area contributed by atoms with Crippen LogP contribution in [0.2, 0.25) is 0 Å². The molecule has 2 atom stereocenters. The summed E-state index contributed by atoms with van der Waals surface area (Å²) in [5, 5.41) is 20.7. The molecule has 5 rings (SSSR count). The number of rotatable bonds is 3. The third-order valence-corrected chi connectivity index (χ3v) is 7.38. The summed E-state index contributed by atoms with van der Waals surface area (Å²) in [5.41, 5.74) is 5.52. The van der Waals surface area contributed by atoms with Crippen LogP contribution in [0.15, 0.2) is 64.6 Å². The lowest BCUT2D eigenvalue weighted by atomic mass is 9.78. The topological polar surface area (TPSA) is 81.1 Å². The highest BCUT2D eigenvalue weighted by molar-refractivity contribution is 7.10. The van der Waals surface area contributed by atoms with Crippen molar-refractivity contribution in [3.05, 3.63) is 81.7 Å². The van der Waals surface area contributed by atoms with E-state index in [0.717, 1.165) is 38.1 Å². The Labute approximate surface area is 190 Å². The van der Waals surface area contributed by atoms with E-state index in [0.29, 0.717) is 17.8 Å². The van der Waals surface area contributed by atoms with E-state index in [1.165, 1.54) is 4.90 Å². The van der Waals surface area contributed by atoms with Crippen LogP contribution in [0.4, 0.5) is 0 Å². The zero-order valence-corrected chi connectivity index (χ0v) is 18.6. The molecule has 2 aromatic heterocycles. The van der Waals surface area contributed by atoms with Crippen LogP contribution in [0.3, 0.4) is 0 Å².